The van der Waals surface area contributed by atoms with E-state index in [1.165, 1.54) is 5.57 Å². The van der Waals surface area contributed by atoms with Crippen LogP contribution in [0.25, 0.3) is 0 Å². The highest BCUT2D eigenvalue weighted by Crippen LogP contribution is 2.75. The molecule has 13 heteroatoms. The third-order valence-electron chi connectivity index (χ3n) is 17.5. The third kappa shape index (κ3) is 6.36. The second-order valence-corrected chi connectivity index (χ2v) is 20.8. The van der Waals surface area contributed by atoms with Crippen molar-refractivity contribution < 1.29 is 64.9 Å². The van der Waals surface area contributed by atoms with Crippen LogP contribution in [-0.4, -0.2) is 139 Å². The summed E-state index contributed by atoms with van der Waals surface area (Å²) in [6.45, 7) is 15.1. The molecule has 0 amide bonds. The number of hydrogen-bond donors (Lipinski definition) is 9. The Morgan fingerprint density at radius 3 is 1.93 bits per heavy atom. The number of aliphatic hydroxyl groups excluding tert-OH is 9. The van der Waals surface area contributed by atoms with Crippen LogP contribution in [0.5, 0.6) is 0 Å². The average Bonchev–Trinajstić information content (AvgIpc) is 3.13. The number of hydrogen-bond acceptors (Lipinski definition) is 13. The summed E-state index contributed by atoms with van der Waals surface area (Å²) in [7, 11) is 0. The lowest BCUT2D eigenvalue weighted by atomic mass is 9.33. The first-order valence-corrected chi connectivity index (χ1v) is 20.9. The topological polar surface area (TPSA) is 219 Å². The molecule has 1 unspecified atom stereocenters. The van der Waals surface area contributed by atoms with Gasteiger partial charge in [0.25, 0.3) is 0 Å². The van der Waals surface area contributed by atoms with Crippen molar-refractivity contribution in [3.05, 3.63) is 11.6 Å². The summed E-state index contributed by atoms with van der Waals surface area (Å²) in [5.74, 6) is 0.443. The number of aliphatic hydroxyl groups is 9. The molecule has 7 aliphatic rings. The highest BCUT2D eigenvalue weighted by Gasteiger charge is 2.70. The van der Waals surface area contributed by atoms with E-state index in [1.54, 1.807) is 0 Å². The highest BCUT2D eigenvalue weighted by atomic mass is 16.8. The Kier molecular flexibility index (Phi) is 11.1. The van der Waals surface area contributed by atoms with Gasteiger partial charge < -0.3 is 64.9 Å². The Morgan fingerprint density at radius 1 is 0.673 bits per heavy atom. The Labute approximate surface area is 326 Å². The zero-order valence-electron chi connectivity index (χ0n) is 33.9. The van der Waals surface area contributed by atoms with E-state index in [9.17, 15) is 46.0 Å². The fourth-order valence-corrected chi connectivity index (χ4v) is 13.7. The van der Waals surface area contributed by atoms with Crippen LogP contribution in [-0.2, 0) is 18.9 Å². The molecule has 2 aliphatic heterocycles. The van der Waals surface area contributed by atoms with Gasteiger partial charge in [-0.2, -0.15) is 0 Å². The molecule has 13 nitrogen and oxygen atoms in total. The van der Waals surface area contributed by atoms with Gasteiger partial charge in [-0.3, -0.25) is 0 Å². The molecule has 316 valence electrons. The summed E-state index contributed by atoms with van der Waals surface area (Å²) in [4.78, 5) is 0. The molecule has 55 heavy (non-hydrogen) atoms. The van der Waals surface area contributed by atoms with Crippen LogP contribution < -0.4 is 0 Å². The SMILES string of the molecule is CC1(C)[C@@H](O[C@H]2O[C@H](CO)[C@@H](O)[C@H](O)[C@H]2O[C@@H]2O[C@H](CO)[C@@H](O)[C@H](O)[C@H]2O)CC[C@]2(C)[C@H]3C(O)C=C4[C@@H]5C[C@@](C)(CO)CC[C@]5(C)CC[C@@]4(C)[C@]3(C)CC[C@@H]12. The van der Waals surface area contributed by atoms with Crippen molar-refractivity contribution in [2.75, 3.05) is 19.8 Å². The lowest BCUT2D eigenvalue weighted by Gasteiger charge is -2.72. The maximum atomic E-state index is 12.4. The molecular formula is C42H70O13. The summed E-state index contributed by atoms with van der Waals surface area (Å²) in [5, 5.41) is 96.2. The fraction of sp³-hybridized carbons (Fsp3) is 0.952. The monoisotopic (exact) mass is 782 g/mol. The first-order chi connectivity index (χ1) is 25.6. The van der Waals surface area contributed by atoms with E-state index in [0.717, 1.165) is 51.4 Å². The van der Waals surface area contributed by atoms with Gasteiger partial charge in [-0.05, 0) is 102 Å². The summed E-state index contributed by atoms with van der Waals surface area (Å²) in [6, 6.07) is 0. The van der Waals surface area contributed by atoms with E-state index in [1.807, 2.05) is 0 Å². The van der Waals surface area contributed by atoms with E-state index in [0.29, 0.717) is 12.3 Å². The molecule has 9 N–H and O–H groups in total. The minimum atomic E-state index is -1.75. The molecule has 0 aromatic carbocycles. The Bertz CT molecular complexity index is 1440. The van der Waals surface area contributed by atoms with Gasteiger partial charge in [0.2, 0.25) is 0 Å². The van der Waals surface area contributed by atoms with E-state index in [-0.39, 0.29) is 45.5 Å². The summed E-state index contributed by atoms with van der Waals surface area (Å²) < 4.78 is 24.4. The van der Waals surface area contributed by atoms with Gasteiger partial charge in [0.1, 0.15) is 48.8 Å². The standard InChI is InChI=1S/C42H70O13/c1-37(2)26-8-11-42(7)34(23(46)16-21-22-17-38(3,20-45)12-13-39(22,4)14-15-41(21,42)6)40(26,5)10-9-27(37)54-36-33(31(50)29(48)25(19-44)53-36)55-35-32(51)30(49)28(47)24(18-43)52-35/h16,22-36,43-51H,8-15,17-20H2,1-7H3/t22-,23?,24+,25+,26-,27-,28+,29+,30-,31-,32+,33+,34+,35-,36+,38-,39+,40-,41+,42+/m0/s1. The minimum Gasteiger partial charge on any atom is -0.396 e. The van der Waals surface area contributed by atoms with Gasteiger partial charge in [0.05, 0.1) is 25.4 Å². The number of allylic oxidation sites excluding steroid dienone is 1. The minimum absolute atomic E-state index is 0.00571. The van der Waals surface area contributed by atoms with Gasteiger partial charge >= 0.3 is 0 Å². The molecule has 0 spiro atoms. The van der Waals surface area contributed by atoms with Crippen molar-refractivity contribution in [2.45, 2.75) is 180 Å². The predicted octanol–water partition coefficient (Wildman–Crippen LogP) is 1.76. The van der Waals surface area contributed by atoms with Crippen molar-refractivity contribution in [3.63, 3.8) is 0 Å². The molecule has 0 aromatic rings. The summed E-state index contributed by atoms with van der Waals surface area (Å²) in [6.07, 6.45) is -5.51. The number of fused-ring (bicyclic) bond motifs is 7. The second-order valence-electron chi connectivity index (χ2n) is 20.8. The van der Waals surface area contributed by atoms with Crippen molar-refractivity contribution >= 4 is 0 Å². The molecule has 20 atom stereocenters. The third-order valence-corrected chi connectivity index (χ3v) is 17.5. The Balaban J connectivity index is 1.16. The van der Waals surface area contributed by atoms with Crippen LogP contribution in [0, 0.1) is 50.2 Å². The van der Waals surface area contributed by atoms with Gasteiger partial charge in [-0.1, -0.05) is 60.1 Å². The Morgan fingerprint density at radius 2 is 1.29 bits per heavy atom. The van der Waals surface area contributed by atoms with E-state index in [4.69, 9.17) is 18.9 Å². The number of rotatable bonds is 7. The van der Waals surface area contributed by atoms with E-state index < -0.39 is 92.2 Å². The summed E-state index contributed by atoms with van der Waals surface area (Å²) in [5.41, 5.74) is 0.465. The molecule has 0 bridgehead atoms. The smallest absolute Gasteiger partial charge is 0.187 e. The lowest BCUT2D eigenvalue weighted by Crippen LogP contribution is -2.68. The largest absolute Gasteiger partial charge is 0.396 e. The molecule has 2 saturated heterocycles. The molecule has 5 aliphatic carbocycles. The molecular weight excluding hydrogens is 712 g/mol. The van der Waals surface area contributed by atoms with Crippen LogP contribution in [0.1, 0.15) is 106 Å². The molecule has 6 fully saturated rings. The van der Waals surface area contributed by atoms with Gasteiger partial charge in [0, 0.05) is 12.5 Å². The molecule has 0 radical (unpaired) electrons. The van der Waals surface area contributed by atoms with E-state index in [2.05, 4.69) is 54.5 Å². The molecule has 4 saturated carbocycles. The van der Waals surface area contributed by atoms with Crippen molar-refractivity contribution in [1.29, 1.82) is 0 Å². The zero-order chi connectivity index (χ0) is 40.3. The maximum absolute atomic E-state index is 12.4. The van der Waals surface area contributed by atoms with Crippen LogP contribution in [0.4, 0.5) is 0 Å². The maximum Gasteiger partial charge on any atom is 0.187 e. The quantitative estimate of drug-likeness (QED) is 0.133. The van der Waals surface area contributed by atoms with Gasteiger partial charge in [-0.15, -0.1) is 0 Å². The van der Waals surface area contributed by atoms with E-state index >= 15 is 0 Å². The van der Waals surface area contributed by atoms with Crippen LogP contribution in [0.15, 0.2) is 11.6 Å². The lowest BCUT2D eigenvalue weighted by molar-refractivity contribution is -0.378. The normalized spacial score (nSPS) is 56.4. The zero-order valence-corrected chi connectivity index (χ0v) is 33.9. The first kappa shape index (κ1) is 42.3. The van der Waals surface area contributed by atoms with Crippen molar-refractivity contribution in [1.82, 2.24) is 0 Å². The highest BCUT2D eigenvalue weighted by molar-refractivity contribution is 5.35. The van der Waals surface area contributed by atoms with Crippen molar-refractivity contribution in [3.8, 4) is 0 Å². The second kappa shape index (κ2) is 14.4. The van der Waals surface area contributed by atoms with Gasteiger partial charge in [-0.25, -0.2) is 0 Å². The van der Waals surface area contributed by atoms with Crippen LogP contribution in [0.3, 0.4) is 0 Å². The predicted molar refractivity (Wildman–Crippen MR) is 199 cm³/mol. The molecule has 0 aromatic heterocycles. The van der Waals surface area contributed by atoms with Gasteiger partial charge in [0.15, 0.2) is 12.6 Å². The summed E-state index contributed by atoms with van der Waals surface area (Å²) >= 11 is 0. The fourth-order valence-electron chi connectivity index (χ4n) is 13.7. The molecule has 2 heterocycles. The molecule has 7 rings (SSSR count). The van der Waals surface area contributed by atoms with Crippen molar-refractivity contribution in [2.24, 2.45) is 50.2 Å². The first-order valence-electron chi connectivity index (χ1n) is 20.9. The Hall–Kier alpha value is -0.780. The van der Waals surface area contributed by atoms with Crippen LogP contribution >= 0.6 is 0 Å². The number of ether oxygens (including phenoxy) is 4. The van der Waals surface area contributed by atoms with Crippen LogP contribution in [0.2, 0.25) is 0 Å². The average molecular weight is 783 g/mol.